The summed E-state index contributed by atoms with van der Waals surface area (Å²) in [5, 5.41) is 2.43. The Morgan fingerprint density at radius 1 is 1.35 bits per heavy atom. The molecule has 1 aliphatic rings. The molecule has 0 aromatic heterocycles. The van der Waals surface area contributed by atoms with Gasteiger partial charge in [0.15, 0.2) is 9.84 Å². The summed E-state index contributed by atoms with van der Waals surface area (Å²) < 4.78 is 62.7. The van der Waals surface area contributed by atoms with Gasteiger partial charge < -0.3 is 10.1 Å². The Kier molecular flexibility index (Phi) is 4.19. The van der Waals surface area contributed by atoms with E-state index in [-0.39, 0.29) is 5.75 Å². The summed E-state index contributed by atoms with van der Waals surface area (Å²) in [5.41, 5.74) is -1.69. The van der Waals surface area contributed by atoms with Crippen molar-refractivity contribution in [1.29, 1.82) is 0 Å². The molecule has 0 aromatic carbocycles. The second-order valence-electron chi connectivity index (χ2n) is 5.83. The lowest BCUT2D eigenvalue weighted by molar-refractivity contribution is -0.201. The molecule has 1 rings (SSSR count). The van der Waals surface area contributed by atoms with Gasteiger partial charge in [-0.15, -0.1) is 0 Å². The van der Waals surface area contributed by atoms with Gasteiger partial charge in [0.05, 0.1) is 16.5 Å². The molecule has 1 amide bonds. The first-order valence-corrected chi connectivity index (χ1v) is 7.58. The summed E-state index contributed by atoms with van der Waals surface area (Å²) in [6.07, 6.45) is -4.53. The minimum absolute atomic E-state index is 0.221. The maximum Gasteiger partial charge on any atom is 0.411 e. The normalized spacial score (nSPS) is 24.9. The lowest BCUT2D eigenvalue weighted by atomic mass is 10.0. The summed E-state index contributed by atoms with van der Waals surface area (Å²) in [6.45, 7) is 3.78. The van der Waals surface area contributed by atoms with Crippen molar-refractivity contribution >= 4 is 15.7 Å². The number of nitrogens with one attached hydrogen (secondary N) is 1. The van der Waals surface area contributed by atoms with Crippen molar-refractivity contribution in [3.8, 4) is 0 Å². The average molecular weight is 317 g/mol. The Labute approximate surface area is 115 Å². The molecule has 1 fully saturated rings. The van der Waals surface area contributed by atoms with Crippen LogP contribution in [0.1, 0.15) is 27.7 Å². The minimum atomic E-state index is -4.53. The fourth-order valence-electron chi connectivity index (χ4n) is 1.63. The van der Waals surface area contributed by atoms with Crippen LogP contribution in [0, 0.1) is 0 Å². The summed E-state index contributed by atoms with van der Waals surface area (Å²) in [7, 11) is -3.27. The van der Waals surface area contributed by atoms with Crippen LogP contribution in [0.25, 0.3) is 0 Å². The third-order valence-electron chi connectivity index (χ3n) is 3.48. The molecule has 1 heterocycles. The van der Waals surface area contributed by atoms with Crippen LogP contribution < -0.4 is 5.32 Å². The Balaban J connectivity index is 2.64. The minimum Gasteiger partial charge on any atom is -0.356 e. The highest BCUT2D eigenvalue weighted by Gasteiger charge is 2.54. The molecule has 1 aliphatic heterocycles. The van der Waals surface area contributed by atoms with Crippen molar-refractivity contribution in [2.75, 3.05) is 12.4 Å². The van der Waals surface area contributed by atoms with Crippen LogP contribution in [0.4, 0.5) is 13.2 Å². The van der Waals surface area contributed by atoms with Gasteiger partial charge in [0.1, 0.15) is 12.2 Å². The molecule has 1 saturated heterocycles. The molecule has 0 spiro atoms. The summed E-state index contributed by atoms with van der Waals surface area (Å²) >= 11 is 0. The number of ether oxygens (including phenoxy) is 1. The zero-order chi connectivity index (χ0) is 16.0. The number of carbonyl (C=O) groups excluding carboxylic acids is 1. The molecule has 5 nitrogen and oxygen atoms in total. The van der Waals surface area contributed by atoms with Crippen LogP contribution in [0.15, 0.2) is 0 Å². The van der Waals surface area contributed by atoms with E-state index in [9.17, 15) is 26.4 Å². The number of amides is 1. The van der Waals surface area contributed by atoms with Crippen LogP contribution in [-0.2, 0) is 19.4 Å². The van der Waals surface area contributed by atoms with Gasteiger partial charge in [-0.3, -0.25) is 4.79 Å². The highest BCUT2D eigenvalue weighted by Crippen LogP contribution is 2.34. The SMILES string of the molecule is CC(C)(OCC(F)(F)F)C(=O)NC1CS(=O)(=O)C1(C)C. The van der Waals surface area contributed by atoms with E-state index in [0.29, 0.717) is 0 Å². The molecule has 0 radical (unpaired) electrons. The van der Waals surface area contributed by atoms with Crippen LogP contribution in [0.5, 0.6) is 0 Å². The van der Waals surface area contributed by atoms with Crippen molar-refractivity contribution in [1.82, 2.24) is 5.32 Å². The van der Waals surface area contributed by atoms with Gasteiger partial charge in [-0.05, 0) is 27.7 Å². The number of hydrogen-bond donors (Lipinski definition) is 1. The third kappa shape index (κ3) is 3.43. The lowest BCUT2D eigenvalue weighted by Crippen LogP contribution is -2.68. The third-order valence-corrected chi connectivity index (χ3v) is 6.14. The first-order valence-electron chi connectivity index (χ1n) is 5.93. The predicted octanol–water partition coefficient (Wildman–Crippen LogP) is 1.04. The van der Waals surface area contributed by atoms with Crippen LogP contribution >= 0.6 is 0 Å². The van der Waals surface area contributed by atoms with Gasteiger partial charge in [0.2, 0.25) is 0 Å². The number of hydrogen-bond acceptors (Lipinski definition) is 4. The van der Waals surface area contributed by atoms with Gasteiger partial charge in [-0.1, -0.05) is 0 Å². The van der Waals surface area contributed by atoms with Gasteiger partial charge in [0.25, 0.3) is 5.91 Å². The molecule has 20 heavy (non-hydrogen) atoms. The molecule has 1 N–H and O–H groups in total. The van der Waals surface area contributed by atoms with Crippen molar-refractivity contribution in [3.05, 3.63) is 0 Å². The van der Waals surface area contributed by atoms with Crippen molar-refractivity contribution in [2.24, 2.45) is 0 Å². The smallest absolute Gasteiger partial charge is 0.356 e. The van der Waals surface area contributed by atoms with Crippen molar-refractivity contribution in [3.63, 3.8) is 0 Å². The molecule has 1 atom stereocenters. The quantitative estimate of drug-likeness (QED) is 0.841. The maximum absolute atomic E-state index is 12.1. The fraction of sp³-hybridized carbons (Fsp3) is 0.909. The predicted molar refractivity (Wildman–Crippen MR) is 65.9 cm³/mol. The van der Waals surface area contributed by atoms with E-state index in [1.165, 1.54) is 27.7 Å². The molecule has 0 bridgehead atoms. The molecule has 0 aliphatic carbocycles. The average Bonchev–Trinajstić information content (AvgIpc) is 2.24. The van der Waals surface area contributed by atoms with E-state index in [1.54, 1.807) is 0 Å². The topological polar surface area (TPSA) is 72.5 Å². The van der Waals surface area contributed by atoms with E-state index < -0.39 is 44.9 Å². The summed E-state index contributed by atoms with van der Waals surface area (Å²) in [4.78, 5) is 11.9. The highest BCUT2D eigenvalue weighted by atomic mass is 32.2. The van der Waals surface area contributed by atoms with Gasteiger partial charge in [-0.25, -0.2) is 8.42 Å². The van der Waals surface area contributed by atoms with Crippen molar-refractivity contribution < 1.29 is 31.1 Å². The molecule has 0 aromatic rings. The van der Waals surface area contributed by atoms with Crippen LogP contribution in [-0.4, -0.2) is 49.3 Å². The van der Waals surface area contributed by atoms with Gasteiger partial charge in [-0.2, -0.15) is 13.2 Å². The number of rotatable bonds is 4. The van der Waals surface area contributed by atoms with E-state index in [1.807, 2.05) is 0 Å². The summed E-state index contributed by atoms with van der Waals surface area (Å²) in [5.74, 6) is -0.990. The monoisotopic (exact) mass is 317 g/mol. The Bertz CT molecular complexity index is 496. The van der Waals surface area contributed by atoms with E-state index >= 15 is 0 Å². The molecule has 9 heteroatoms. The second-order valence-corrected chi connectivity index (χ2v) is 8.44. The molecule has 0 saturated carbocycles. The summed E-state index contributed by atoms with van der Waals surface area (Å²) in [6, 6.07) is -0.631. The lowest BCUT2D eigenvalue weighted by Gasteiger charge is -2.44. The number of halogens is 3. The Hall–Kier alpha value is -0.830. The molecule has 1 unspecified atom stereocenters. The number of carbonyl (C=O) groups is 1. The molecular formula is C11H18F3NO4S. The standard InChI is InChI=1S/C11H18F3NO4S/c1-9(2,19-6-11(12,13)14)8(16)15-7-5-20(17,18)10(7,3)4/h7H,5-6H2,1-4H3,(H,15,16). The molecular weight excluding hydrogens is 299 g/mol. The van der Waals surface area contributed by atoms with Gasteiger partial charge in [0, 0.05) is 0 Å². The van der Waals surface area contributed by atoms with Crippen LogP contribution in [0.3, 0.4) is 0 Å². The fourth-order valence-corrected chi connectivity index (χ4v) is 3.27. The largest absolute Gasteiger partial charge is 0.411 e. The second kappa shape index (κ2) is 4.87. The van der Waals surface area contributed by atoms with E-state index in [2.05, 4.69) is 10.1 Å². The number of alkyl halides is 3. The zero-order valence-electron chi connectivity index (χ0n) is 11.7. The van der Waals surface area contributed by atoms with Crippen molar-refractivity contribution in [2.45, 2.75) is 50.3 Å². The van der Waals surface area contributed by atoms with Gasteiger partial charge >= 0.3 is 6.18 Å². The van der Waals surface area contributed by atoms with Crippen LogP contribution in [0.2, 0.25) is 0 Å². The zero-order valence-corrected chi connectivity index (χ0v) is 12.5. The highest BCUT2D eigenvalue weighted by molar-refractivity contribution is 7.94. The Morgan fingerprint density at radius 3 is 2.20 bits per heavy atom. The van der Waals surface area contributed by atoms with E-state index in [4.69, 9.17) is 0 Å². The maximum atomic E-state index is 12.1. The molecule has 118 valence electrons. The Morgan fingerprint density at radius 2 is 1.85 bits per heavy atom. The number of sulfone groups is 1. The van der Waals surface area contributed by atoms with E-state index in [0.717, 1.165) is 0 Å². The first kappa shape index (κ1) is 17.2. The first-order chi connectivity index (χ1) is 8.69.